The van der Waals surface area contributed by atoms with Gasteiger partial charge in [0.1, 0.15) is 0 Å². The fraction of sp³-hybridized carbons (Fsp3) is 0.200. The van der Waals surface area contributed by atoms with Crippen LogP contribution in [0.3, 0.4) is 0 Å². The van der Waals surface area contributed by atoms with Gasteiger partial charge in [-0.1, -0.05) is 47.5 Å². The molecule has 0 saturated heterocycles. The molecule has 0 fully saturated rings. The summed E-state index contributed by atoms with van der Waals surface area (Å²) in [6, 6.07) is 6.56. The molecule has 0 aliphatic heterocycles. The summed E-state index contributed by atoms with van der Waals surface area (Å²) in [6.07, 6.45) is -0.147. The van der Waals surface area contributed by atoms with Gasteiger partial charge >= 0.3 is 0 Å². The van der Waals surface area contributed by atoms with Crippen LogP contribution >= 0.6 is 23.2 Å². The highest BCUT2D eigenvalue weighted by Gasteiger charge is 2.42. The van der Waals surface area contributed by atoms with E-state index in [1.807, 2.05) is 0 Å². The number of hydrogen-bond donors (Lipinski definition) is 0. The zero-order valence-electron chi connectivity index (χ0n) is 7.09. The second-order valence-corrected chi connectivity index (χ2v) is 4.66. The predicted octanol–water partition coefficient (Wildman–Crippen LogP) is 2.63. The van der Waals surface area contributed by atoms with Crippen molar-refractivity contribution >= 4 is 34.8 Å². The molecule has 4 heteroatoms. The Kier molecular flexibility index (Phi) is 2.13. The van der Waals surface area contributed by atoms with E-state index in [4.69, 9.17) is 23.2 Å². The molecule has 14 heavy (non-hydrogen) atoms. The number of ketones is 2. The molecular weight excluding hydrogens is 223 g/mol. The molecule has 0 N–H and O–H groups in total. The van der Waals surface area contributed by atoms with Crippen LogP contribution in [0.4, 0.5) is 0 Å². The summed E-state index contributed by atoms with van der Waals surface area (Å²) in [6.45, 7) is 0. The van der Waals surface area contributed by atoms with Crippen molar-refractivity contribution in [2.75, 3.05) is 0 Å². The third-order valence-electron chi connectivity index (χ3n) is 2.19. The Labute approximate surface area is 90.8 Å². The minimum absolute atomic E-state index is 0.147. The quantitative estimate of drug-likeness (QED) is 0.641. The summed E-state index contributed by atoms with van der Waals surface area (Å²) in [7, 11) is 0. The Morgan fingerprint density at radius 3 is 2.29 bits per heavy atom. The van der Waals surface area contributed by atoms with Crippen molar-refractivity contribution in [2.45, 2.75) is 10.8 Å². The van der Waals surface area contributed by atoms with E-state index in [-0.39, 0.29) is 12.2 Å². The summed E-state index contributed by atoms with van der Waals surface area (Å²) in [5.41, 5.74) is 0.725. The van der Waals surface area contributed by atoms with Crippen molar-refractivity contribution in [1.82, 2.24) is 0 Å². The number of Topliss-reactive ketones (excluding diaryl/α,β-unsaturated/α-hetero) is 2. The fourth-order valence-electron chi connectivity index (χ4n) is 1.50. The van der Waals surface area contributed by atoms with Crippen LogP contribution in [0.5, 0.6) is 0 Å². The summed E-state index contributed by atoms with van der Waals surface area (Å²) < 4.78 is -1.59. The van der Waals surface area contributed by atoms with Gasteiger partial charge in [0.05, 0.1) is 6.42 Å². The largest absolute Gasteiger partial charge is 0.294 e. The second-order valence-electron chi connectivity index (χ2n) is 3.18. The van der Waals surface area contributed by atoms with E-state index in [1.165, 1.54) is 0 Å². The molecule has 0 aromatic heterocycles. The van der Waals surface area contributed by atoms with Crippen LogP contribution in [0.25, 0.3) is 0 Å². The molecule has 72 valence electrons. The maximum Gasteiger partial charge on any atom is 0.199 e. The van der Waals surface area contributed by atoms with E-state index in [0.29, 0.717) is 11.1 Å². The van der Waals surface area contributed by atoms with Crippen LogP contribution < -0.4 is 0 Å². The molecule has 1 aliphatic rings. The van der Waals surface area contributed by atoms with E-state index < -0.39 is 10.1 Å². The maximum absolute atomic E-state index is 11.7. The highest BCUT2D eigenvalue weighted by atomic mass is 35.5. The van der Waals surface area contributed by atoms with Crippen LogP contribution in [0.2, 0.25) is 0 Å². The molecule has 2 nitrogen and oxygen atoms in total. The van der Waals surface area contributed by atoms with E-state index in [2.05, 4.69) is 0 Å². The summed E-state index contributed by atoms with van der Waals surface area (Å²) in [4.78, 5) is 23.2. The second kappa shape index (κ2) is 3.07. The number of carbonyl (C=O) groups excluding carboxylic acids is 2. The van der Waals surface area contributed by atoms with Crippen molar-refractivity contribution < 1.29 is 9.59 Å². The summed E-state index contributed by atoms with van der Waals surface area (Å²) in [5, 5.41) is 0. The number of carbonyl (C=O) groups is 2. The Balaban J connectivity index is 2.63. The number of rotatable bonds is 0. The minimum atomic E-state index is -1.59. The van der Waals surface area contributed by atoms with Crippen LogP contribution in [0, 0.1) is 0 Å². The first kappa shape index (κ1) is 9.69. The van der Waals surface area contributed by atoms with Gasteiger partial charge in [0, 0.05) is 11.1 Å². The van der Waals surface area contributed by atoms with Gasteiger partial charge in [0.25, 0.3) is 0 Å². The minimum Gasteiger partial charge on any atom is -0.294 e. The summed E-state index contributed by atoms with van der Waals surface area (Å²) >= 11 is 11.5. The van der Waals surface area contributed by atoms with Gasteiger partial charge in [-0.3, -0.25) is 9.59 Å². The van der Waals surface area contributed by atoms with Gasteiger partial charge in [-0.15, -0.1) is 0 Å². The molecular formula is C10H6Cl2O2. The van der Waals surface area contributed by atoms with Gasteiger partial charge < -0.3 is 0 Å². The lowest BCUT2D eigenvalue weighted by Crippen LogP contribution is -2.35. The Morgan fingerprint density at radius 1 is 1.07 bits per heavy atom. The Bertz CT molecular complexity index is 424. The lowest BCUT2D eigenvalue weighted by molar-refractivity contribution is 0.0880. The lowest BCUT2D eigenvalue weighted by Gasteiger charge is -2.23. The SMILES string of the molecule is O=C1CC(Cl)(Cl)C(=O)c2ccccc21. The van der Waals surface area contributed by atoms with E-state index in [0.717, 1.165) is 0 Å². The van der Waals surface area contributed by atoms with Crippen LogP contribution in [0.1, 0.15) is 27.1 Å². The number of fused-ring (bicyclic) bond motifs is 1. The van der Waals surface area contributed by atoms with Gasteiger partial charge in [0.2, 0.25) is 0 Å². The van der Waals surface area contributed by atoms with Crippen LogP contribution in [-0.4, -0.2) is 15.9 Å². The van der Waals surface area contributed by atoms with Gasteiger partial charge in [-0.05, 0) is 0 Å². The molecule has 1 aromatic rings. The molecule has 0 spiro atoms. The number of hydrogen-bond acceptors (Lipinski definition) is 2. The molecule has 0 atom stereocenters. The van der Waals surface area contributed by atoms with Gasteiger partial charge in [-0.25, -0.2) is 0 Å². The average Bonchev–Trinajstić information content (AvgIpc) is 2.14. The normalized spacial score (nSPS) is 19.3. The van der Waals surface area contributed by atoms with Gasteiger partial charge in [-0.2, -0.15) is 0 Å². The molecule has 0 unspecified atom stereocenters. The summed E-state index contributed by atoms with van der Waals surface area (Å²) in [5.74, 6) is -0.582. The Morgan fingerprint density at radius 2 is 1.64 bits per heavy atom. The highest BCUT2D eigenvalue weighted by Crippen LogP contribution is 2.36. The first-order valence-corrected chi connectivity index (χ1v) is 4.83. The topological polar surface area (TPSA) is 34.1 Å². The molecule has 1 aromatic carbocycles. The molecule has 0 saturated carbocycles. The molecule has 0 amide bonds. The molecule has 0 radical (unpaired) electrons. The standard InChI is InChI=1S/C10H6Cl2O2/c11-10(12)5-8(13)6-3-1-2-4-7(6)9(10)14/h1-4H,5H2. The lowest BCUT2D eigenvalue weighted by atomic mass is 9.89. The van der Waals surface area contributed by atoms with Crippen molar-refractivity contribution in [3.63, 3.8) is 0 Å². The van der Waals surface area contributed by atoms with E-state index >= 15 is 0 Å². The molecule has 0 bridgehead atoms. The molecule has 2 rings (SSSR count). The number of alkyl halides is 2. The molecule has 0 heterocycles. The van der Waals surface area contributed by atoms with E-state index in [9.17, 15) is 9.59 Å². The smallest absolute Gasteiger partial charge is 0.199 e. The average molecular weight is 229 g/mol. The van der Waals surface area contributed by atoms with E-state index in [1.54, 1.807) is 24.3 Å². The van der Waals surface area contributed by atoms with Crippen LogP contribution in [-0.2, 0) is 0 Å². The monoisotopic (exact) mass is 228 g/mol. The first-order valence-electron chi connectivity index (χ1n) is 4.07. The zero-order valence-corrected chi connectivity index (χ0v) is 8.60. The van der Waals surface area contributed by atoms with Crippen molar-refractivity contribution in [1.29, 1.82) is 0 Å². The van der Waals surface area contributed by atoms with Gasteiger partial charge in [0.15, 0.2) is 15.9 Å². The first-order chi connectivity index (χ1) is 6.52. The Hall–Kier alpha value is -0.860. The number of benzene rings is 1. The van der Waals surface area contributed by atoms with Crippen molar-refractivity contribution in [2.24, 2.45) is 0 Å². The third kappa shape index (κ3) is 1.35. The number of halogens is 2. The highest BCUT2D eigenvalue weighted by molar-refractivity contribution is 6.62. The van der Waals surface area contributed by atoms with Crippen molar-refractivity contribution in [3.05, 3.63) is 35.4 Å². The van der Waals surface area contributed by atoms with Crippen molar-refractivity contribution in [3.8, 4) is 0 Å². The predicted molar refractivity (Wildman–Crippen MR) is 54.2 cm³/mol. The fourth-order valence-corrected chi connectivity index (χ4v) is 1.94. The third-order valence-corrected chi connectivity index (χ3v) is 2.80. The van der Waals surface area contributed by atoms with Crippen LogP contribution in [0.15, 0.2) is 24.3 Å². The zero-order chi connectivity index (χ0) is 10.3. The maximum atomic E-state index is 11.7. The molecule has 1 aliphatic carbocycles.